The van der Waals surface area contributed by atoms with Crippen LogP contribution >= 0.6 is 0 Å². The van der Waals surface area contributed by atoms with Gasteiger partial charge in [-0.3, -0.25) is 14.4 Å². The van der Waals surface area contributed by atoms with Crippen LogP contribution in [-0.4, -0.2) is 49.5 Å². The number of nitrogens with zero attached hydrogens (tertiary/aromatic N) is 1. The Bertz CT molecular complexity index is 647. The van der Waals surface area contributed by atoms with E-state index < -0.39 is 0 Å². The van der Waals surface area contributed by atoms with Crippen molar-refractivity contribution in [2.75, 3.05) is 32.5 Å². The van der Waals surface area contributed by atoms with E-state index in [0.717, 1.165) is 31.8 Å². The number of hydroxylamine groups is 1. The predicted molar refractivity (Wildman–Crippen MR) is 120 cm³/mol. The van der Waals surface area contributed by atoms with Gasteiger partial charge < -0.3 is 16.0 Å². The normalized spacial score (nSPS) is 14.4. The molecule has 168 valence electrons. The third kappa shape index (κ3) is 9.59. The fraction of sp³-hybridized carbons (Fsp3) is 0.652. The molecule has 0 atom stereocenters. The van der Waals surface area contributed by atoms with Crippen LogP contribution in [0.2, 0.25) is 0 Å². The van der Waals surface area contributed by atoms with E-state index in [-0.39, 0.29) is 18.4 Å². The number of amides is 2. The Morgan fingerprint density at radius 2 is 1.90 bits per heavy atom. The number of hydrogen-bond acceptors (Lipinski definition) is 5. The summed E-state index contributed by atoms with van der Waals surface area (Å²) in [6, 6.07) is 7.59. The first-order chi connectivity index (χ1) is 14.6. The molecule has 1 aliphatic rings. The number of carbonyl (C=O) groups excluding carboxylic acids is 2. The molecular formula is C23H38N4O3. The zero-order chi connectivity index (χ0) is 21.6. The van der Waals surface area contributed by atoms with Crippen LogP contribution in [0.1, 0.15) is 74.6 Å². The van der Waals surface area contributed by atoms with E-state index in [1.807, 2.05) is 0 Å². The maximum absolute atomic E-state index is 12.3. The summed E-state index contributed by atoms with van der Waals surface area (Å²) in [7, 11) is 1.69. The Labute approximate surface area is 180 Å². The average molecular weight is 419 g/mol. The van der Waals surface area contributed by atoms with Crippen LogP contribution in [0.15, 0.2) is 24.3 Å². The molecule has 0 heterocycles. The first kappa shape index (κ1) is 24.2. The van der Waals surface area contributed by atoms with Crippen molar-refractivity contribution < 1.29 is 14.4 Å². The highest BCUT2D eigenvalue weighted by molar-refractivity contribution is 5.94. The Kier molecular flexibility index (Phi) is 11.3. The number of carbonyl (C=O) groups is 2. The van der Waals surface area contributed by atoms with Crippen molar-refractivity contribution in [1.29, 1.82) is 0 Å². The van der Waals surface area contributed by atoms with E-state index >= 15 is 0 Å². The van der Waals surface area contributed by atoms with Gasteiger partial charge in [0.15, 0.2) is 0 Å². The summed E-state index contributed by atoms with van der Waals surface area (Å²) in [5.74, 6) is -0.240. The fourth-order valence-electron chi connectivity index (χ4n) is 3.74. The summed E-state index contributed by atoms with van der Waals surface area (Å²) in [4.78, 5) is 30.9. The highest BCUT2D eigenvalue weighted by Gasteiger charge is 2.12. The van der Waals surface area contributed by atoms with E-state index in [2.05, 4.69) is 10.8 Å². The van der Waals surface area contributed by atoms with Gasteiger partial charge in [0.2, 0.25) is 5.91 Å². The monoisotopic (exact) mass is 418 g/mol. The molecule has 7 nitrogen and oxygen atoms in total. The van der Waals surface area contributed by atoms with Gasteiger partial charge in [-0.25, -0.2) is 5.48 Å². The first-order valence-corrected chi connectivity index (χ1v) is 11.3. The molecular weight excluding hydrogens is 380 g/mol. The lowest BCUT2D eigenvalue weighted by atomic mass is 9.95. The maximum Gasteiger partial charge on any atom is 0.253 e. The topological polar surface area (TPSA) is 96.7 Å². The number of rotatable bonds is 13. The molecule has 0 saturated heterocycles. The van der Waals surface area contributed by atoms with Crippen LogP contribution < -0.4 is 16.5 Å². The molecule has 1 aliphatic carbocycles. The maximum atomic E-state index is 12.3. The predicted octanol–water partition coefficient (Wildman–Crippen LogP) is 3.26. The van der Waals surface area contributed by atoms with Gasteiger partial charge in [0.05, 0.1) is 6.61 Å². The SMILES string of the molecule is CN(CCONC(=O)CCCCCCNC1CCCCC1)C(=O)c1cccc(N)c1. The summed E-state index contributed by atoms with van der Waals surface area (Å²) in [5, 5.41) is 3.65. The second-order valence-electron chi connectivity index (χ2n) is 8.18. The molecule has 4 N–H and O–H groups in total. The molecule has 0 aromatic heterocycles. The first-order valence-electron chi connectivity index (χ1n) is 11.3. The van der Waals surface area contributed by atoms with Crippen LogP contribution in [0, 0.1) is 0 Å². The van der Waals surface area contributed by atoms with Crippen molar-refractivity contribution in [2.45, 2.75) is 70.3 Å². The Balaban J connectivity index is 1.43. The van der Waals surface area contributed by atoms with Gasteiger partial charge >= 0.3 is 0 Å². The lowest BCUT2D eigenvalue weighted by molar-refractivity contribution is -0.133. The molecule has 0 aliphatic heterocycles. The van der Waals surface area contributed by atoms with Crippen LogP contribution in [0.4, 0.5) is 5.69 Å². The molecule has 0 bridgehead atoms. The second kappa shape index (κ2) is 14.0. The highest BCUT2D eigenvalue weighted by atomic mass is 16.6. The third-order valence-electron chi connectivity index (χ3n) is 5.56. The number of unbranched alkanes of at least 4 members (excludes halogenated alkanes) is 3. The van der Waals surface area contributed by atoms with Gasteiger partial charge in [0, 0.05) is 37.3 Å². The van der Waals surface area contributed by atoms with Gasteiger partial charge in [0.25, 0.3) is 5.91 Å². The third-order valence-corrected chi connectivity index (χ3v) is 5.56. The Hall–Kier alpha value is -2.12. The van der Waals surface area contributed by atoms with Crippen LogP contribution in [0.25, 0.3) is 0 Å². The number of anilines is 1. The summed E-state index contributed by atoms with van der Waals surface area (Å²) in [6.45, 7) is 1.70. The highest BCUT2D eigenvalue weighted by Crippen LogP contribution is 2.17. The summed E-state index contributed by atoms with van der Waals surface area (Å²) in [5.41, 5.74) is 9.26. The smallest absolute Gasteiger partial charge is 0.253 e. The molecule has 0 unspecified atom stereocenters. The van der Waals surface area contributed by atoms with Gasteiger partial charge in [-0.2, -0.15) is 0 Å². The quantitative estimate of drug-likeness (QED) is 0.260. The van der Waals surface area contributed by atoms with Crippen molar-refractivity contribution in [1.82, 2.24) is 15.7 Å². The van der Waals surface area contributed by atoms with Crippen molar-refractivity contribution in [2.24, 2.45) is 0 Å². The number of nitrogens with one attached hydrogen (secondary N) is 2. The number of benzene rings is 1. The van der Waals surface area contributed by atoms with Crippen molar-refractivity contribution in [3.8, 4) is 0 Å². The number of nitrogens with two attached hydrogens (primary N) is 1. The fourth-order valence-corrected chi connectivity index (χ4v) is 3.74. The van der Waals surface area contributed by atoms with Gasteiger partial charge in [-0.1, -0.05) is 38.2 Å². The van der Waals surface area contributed by atoms with Crippen LogP contribution in [0.3, 0.4) is 0 Å². The summed E-state index contributed by atoms with van der Waals surface area (Å²) < 4.78 is 0. The molecule has 30 heavy (non-hydrogen) atoms. The van der Waals surface area contributed by atoms with E-state index in [1.54, 1.807) is 36.2 Å². The molecule has 2 amide bonds. The Morgan fingerprint density at radius 3 is 2.67 bits per heavy atom. The summed E-state index contributed by atoms with van der Waals surface area (Å²) >= 11 is 0. The van der Waals surface area contributed by atoms with E-state index in [4.69, 9.17) is 10.6 Å². The number of nitrogen functional groups attached to an aromatic ring is 1. The van der Waals surface area contributed by atoms with E-state index in [9.17, 15) is 9.59 Å². The lowest BCUT2D eigenvalue weighted by Gasteiger charge is -2.22. The number of hydrogen-bond donors (Lipinski definition) is 3. The van der Waals surface area contributed by atoms with Crippen LogP contribution in [0.5, 0.6) is 0 Å². The lowest BCUT2D eigenvalue weighted by Crippen LogP contribution is -2.33. The minimum Gasteiger partial charge on any atom is -0.399 e. The standard InChI is InChI=1S/C23H38N4O3/c1-27(23(29)19-10-9-11-20(24)18-19)16-17-30-26-22(28)14-7-2-3-8-15-25-21-12-5-4-6-13-21/h9-11,18,21,25H,2-8,12-17,24H2,1H3,(H,26,28). The second-order valence-corrected chi connectivity index (χ2v) is 8.18. The molecule has 2 rings (SSSR count). The van der Waals surface area contributed by atoms with Crippen molar-refractivity contribution >= 4 is 17.5 Å². The summed E-state index contributed by atoms with van der Waals surface area (Å²) in [6.07, 6.45) is 11.5. The molecule has 0 radical (unpaired) electrons. The van der Waals surface area contributed by atoms with E-state index in [1.165, 1.54) is 38.5 Å². The van der Waals surface area contributed by atoms with Gasteiger partial charge in [-0.15, -0.1) is 0 Å². The average Bonchev–Trinajstić information content (AvgIpc) is 2.76. The van der Waals surface area contributed by atoms with Crippen molar-refractivity contribution in [3.63, 3.8) is 0 Å². The van der Waals surface area contributed by atoms with Crippen LogP contribution in [-0.2, 0) is 9.63 Å². The molecule has 1 saturated carbocycles. The van der Waals surface area contributed by atoms with E-state index in [0.29, 0.717) is 24.2 Å². The molecule has 0 spiro atoms. The number of likely N-dealkylation sites (N-methyl/N-ethyl adjacent to an activating group) is 1. The molecule has 1 fully saturated rings. The zero-order valence-corrected chi connectivity index (χ0v) is 18.3. The minimum atomic E-state index is -0.129. The molecule has 7 heteroatoms. The molecule has 1 aromatic carbocycles. The van der Waals surface area contributed by atoms with Gasteiger partial charge in [0.1, 0.15) is 0 Å². The van der Waals surface area contributed by atoms with Gasteiger partial charge in [-0.05, 0) is 50.4 Å². The largest absolute Gasteiger partial charge is 0.399 e. The minimum absolute atomic E-state index is 0.111. The van der Waals surface area contributed by atoms with Crippen molar-refractivity contribution in [3.05, 3.63) is 29.8 Å². The Morgan fingerprint density at radius 1 is 1.13 bits per heavy atom. The molecule has 1 aromatic rings. The zero-order valence-electron chi connectivity index (χ0n) is 18.3.